The van der Waals surface area contributed by atoms with Crippen molar-refractivity contribution in [2.75, 3.05) is 0 Å². The molecule has 0 aliphatic heterocycles. The van der Waals surface area contributed by atoms with Gasteiger partial charge >= 0.3 is 0 Å². The van der Waals surface area contributed by atoms with E-state index >= 15 is 0 Å². The van der Waals surface area contributed by atoms with Gasteiger partial charge in [-0.1, -0.05) is 298 Å². The number of hydrogen-bond acceptors (Lipinski definition) is 2. The summed E-state index contributed by atoms with van der Waals surface area (Å²) < 4.78 is 551. The first-order valence-corrected chi connectivity index (χ1v) is 30.3. The Morgan fingerprint density at radius 3 is 1.03 bits per heavy atom. The predicted octanol–water partition coefficient (Wildman–Crippen LogP) is 28.2. The van der Waals surface area contributed by atoms with Gasteiger partial charge in [0.1, 0.15) is 22.3 Å². The molecule has 470 valence electrons. The topological polar surface area (TPSA) is 26.3 Å². The molecule has 2 heterocycles. The summed E-state index contributed by atoms with van der Waals surface area (Å²) in [6.45, 7) is -2.51. The third-order valence-electron chi connectivity index (χ3n) is 17.7. The minimum Gasteiger partial charge on any atom is -0.456 e. The first-order chi connectivity index (χ1) is 74.5. The van der Waals surface area contributed by atoms with E-state index in [1.165, 1.54) is 0 Å². The summed E-state index contributed by atoms with van der Waals surface area (Å²) in [6, 6.07) is -52.0. The zero-order valence-corrected chi connectivity index (χ0v) is 50.8. The van der Waals surface area contributed by atoms with E-state index in [0.29, 0.717) is 0 Å². The average molecular weight is 1340 g/mol. The van der Waals surface area contributed by atoms with Gasteiger partial charge in [0.05, 0.1) is 76.8 Å². The lowest BCUT2D eigenvalue weighted by Crippen LogP contribution is -2.15. The normalized spacial score (nSPS) is 22.0. The molecule has 1 aliphatic carbocycles. The van der Waals surface area contributed by atoms with E-state index < -0.39 is 569 Å². The van der Waals surface area contributed by atoms with Gasteiger partial charge in [-0.05, 0) is 229 Å². The molecule has 0 bridgehead atoms. The van der Waals surface area contributed by atoms with Crippen molar-refractivity contribution in [3.63, 3.8) is 0 Å². The van der Waals surface area contributed by atoms with Crippen LogP contribution in [0.2, 0.25) is 0 Å². The maximum atomic E-state index is 10.2. The van der Waals surface area contributed by atoms with Gasteiger partial charge in [-0.25, -0.2) is 0 Å². The van der Waals surface area contributed by atoms with Gasteiger partial charge in [0, 0.05) is 31.1 Å². The van der Waals surface area contributed by atoms with E-state index in [9.17, 15) is 32.9 Å². The molecule has 0 saturated carbocycles. The maximum absolute atomic E-state index is 10.2. The molecule has 1 atom stereocenters. The Balaban J connectivity index is 0.000000185. The second-order valence-corrected chi connectivity index (χ2v) is 23.1. The lowest BCUT2D eigenvalue weighted by molar-refractivity contribution is 0.661. The van der Waals surface area contributed by atoms with Crippen molar-refractivity contribution in [3.8, 4) is 66.8 Å². The van der Waals surface area contributed by atoms with Crippen molar-refractivity contribution >= 4 is 141 Å². The Hall–Kier alpha value is -12.9. The van der Waals surface area contributed by atoms with E-state index in [0.717, 1.165) is 6.92 Å². The number of fused-ring (bicyclic) bond motifs is 22. The molecule has 0 radical (unpaired) electrons. The number of rotatable bonds is 5. The quantitative estimate of drug-likeness (QED) is 0.127. The average Bonchev–Trinajstić information content (AvgIpc) is 1.54. The Kier molecular flexibility index (Phi) is 5.23. The second-order valence-electron chi connectivity index (χ2n) is 23.1. The van der Waals surface area contributed by atoms with Gasteiger partial charge < -0.3 is 8.83 Å². The number of hydrogen-bond donors (Lipinski definition) is 0. The SMILES string of the molecule is [2H]c1c(-c2c3c([2H])c([2H])c([2H])c([2H])c3c(-c3c([2H])c4c([2H])c([2H])c5c([2H])c([2H])c([2H])c([2H])c5c4c4c([2H])c([2H])c([2H])c([2H])c34)c3c([2H])c([2H])c([2H])c([2H])c23)c([2H])c2c(oc3c([2H])c([2H])c4c([2H])c([2H])c([2H])c([2H])c4c32)c1[2H].[2H]c1c([2H])c([2H])c(-c2c([2H])c([2H])c3c(c2[2H])C(C)(C([2H])([2H])[2H])c2c([2H])c(-c4c5c([2H])c([2H])c([2H])c([2H])c5c(-c5c([2H])c([2H])c6oc7c([2H])c([2H])c8c([2H])c([2H])c([2H])c([2H])c8c7c6c5[2H])c5c([2H])c([2H])c([2H])c([2H])c45)c([2H])c([2H])c2-3)c([2H])c1[2H]. The molecule has 19 aromatic carbocycles. The van der Waals surface area contributed by atoms with E-state index in [1.807, 2.05) is 0 Å². The molecule has 0 saturated heterocycles. The Morgan fingerprint density at radius 2 is 0.564 bits per heavy atom. The largest absolute Gasteiger partial charge is 0.456 e. The van der Waals surface area contributed by atoms with Crippen molar-refractivity contribution in [2.24, 2.45) is 0 Å². The zero-order chi connectivity index (χ0) is 118. The van der Waals surface area contributed by atoms with Crippen LogP contribution in [0.15, 0.2) is 347 Å². The van der Waals surface area contributed by atoms with Crippen LogP contribution in [0, 0.1) is 0 Å². The lowest BCUT2D eigenvalue weighted by atomic mass is 9.80. The summed E-state index contributed by atoms with van der Waals surface area (Å²) in [4.78, 5) is 0. The minimum absolute atomic E-state index is 0.412. The van der Waals surface area contributed by atoms with Crippen LogP contribution in [0.5, 0.6) is 0 Å². The van der Waals surface area contributed by atoms with Gasteiger partial charge in [-0.15, -0.1) is 0 Å². The van der Waals surface area contributed by atoms with Crippen molar-refractivity contribution < 1.29 is 89.7 Å². The highest BCUT2D eigenvalue weighted by atomic mass is 16.3. The van der Waals surface area contributed by atoms with E-state index in [4.69, 9.17) is 56.8 Å². The molecule has 22 rings (SSSR count). The molecule has 0 fully saturated rings. The summed E-state index contributed by atoms with van der Waals surface area (Å²) in [7, 11) is 0. The highest BCUT2D eigenvalue weighted by Gasteiger charge is 2.36. The molecule has 2 aromatic heterocycles. The summed E-state index contributed by atoms with van der Waals surface area (Å²) in [6.07, 6.45) is 0. The molecular weight excluding hydrogens is 1220 g/mol. The van der Waals surface area contributed by atoms with Gasteiger partial charge in [0.15, 0.2) is 0 Å². The van der Waals surface area contributed by atoms with Crippen LogP contribution in [-0.2, 0) is 5.41 Å². The van der Waals surface area contributed by atoms with Crippen molar-refractivity contribution in [3.05, 3.63) is 350 Å². The van der Waals surface area contributed by atoms with Gasteiger partial charge in [0.25, 0.3) is 0 Å². The summed E-state index contributed by atoms with van der Waals surface area (Å²) in [5.74, 6) is 0. The molecule has 21 aromatic rings. The third kappa shape index (κ3) is 8.65. The van der Waals surface area contributed by atoms with E-state index in [2.05, 4.69) is 0 Å². The van der Waals surface area contributed by atoms with Crippen LogP contribution in [0.25, 0.3) is 208 Å². The smallest absolute Gasteiger partial charge is 0.136 e. The lowest BCUT2D eigenvalue weighted by Gasteiger charge is -2.23. The fraction of sp³-hybridized carbons (Fsp3) is 0.0303. The Labute approximate surface area is 665 Å². The summed E-state index contributed by atoms with van der Waals surface area (Å²) in [5, 5.41) is -13.7. The standard InChI is InChI=1S/C51H34O.C48H28O/c1-51(2)44-29-33(31-12-4-3-5-13-31)20-24-37(44)38-25-21-35(30-45(38)51)49-41-18-10-8-16-39(41)48(40-17-9-11-19-42(40)49)34-23-26-46-43(28-34)50-36-15-7-6-14-32(36)22-27-47(50)52-46;1-3-13-33-29(11-1)21-22-31-27-41(35-15-5-6-16-36(35)45(31)33)47-39-19-9-7-17-37(39)46(38-18-8-10-20-40(38)47)32-24-25-43-42(28-32)48-34-14-4-2-12-30(34)23-26-44(48)49-43/h3-30H,1-2H3;1-28H/i1D3,3D,4D,5D,6D,7D,8D,9D,10D,11D,12D,13D,14D,15D,16D,17D,18D,19D,20D,21D,22D,23D,24D,25D,26D,27D,28D,29D,30D;1D,2D,3D,4D,5D,6D,7D,8D,9D,10D,11D,12D,13D,14D,15D,16D,17D,18D,19D,20D,21D,22D,23D,24D,25D,26D,27D,28D. The van der Waals surface area contributed by atoms with Crippen LogP contribution in [0.4, 0.5) is 0 Å². The molecule has 0 spiro atoms. The first kappa shape index (κ1) is 23.9. The van der Waals surface area contributed by atoms with E-state index in [-0.39, 0.29) is 0 Å². The molecule has 101 heavy (non-hydrogen) atoms. The van der Waals surface area contributed by atoms with Crippen molar-refractivity contribution in [1.29, 1.82) is 0 Å². The molecular formula is C99H62O2. The Morgan fingerprint density at radius 1 is 0.228 bits per heavy atom. The van der Waals surface area contributed by atoms with Gasteiger partial charge in [-0.3, -0.25) is 0 Å². The van der Waals surface area contributed by atoms with Crippen LogP contribution in [0.1, 0.15) is 106 Å². The summed E-state index contributed by atoms with van der Waals surface area (Å²) >= 11 is 0. The van der Waals surface area contributed by atoms with Gasteiger partial charge in [0.2, 0.25) is 0 Å². The van der Waals surface area contributed by atoms with E-state index in [1.54, 1.807) is 0 Å². The van der Waals surface area contributed by atoms with Crippen molar-refractivity contribution in [1.82, 2.24) is 0 Å². The predicted molar refractivity (Wildman–Crippen MR) is 430 cm³/mol. The molecule has 0 amide bonds. The molecule has 2 heteroatoms. The molecule has 0 N–H and O–H groups in total. The third-order valence-corrected chi connectivity index (χ3v) is 17.7. The number of benzene rings is 19. The molecule has 2 nitrogen and oxygen atoms in total. The van der Waals surface area contributed by atoms with Crippen LogP contribution in [0.3, 0.4) is 0 Å². The second kappa shape index (κ2) is 22.1. The molecule has 1 aliphatic rings. The fourth-order valence-corrected chi connectivity index (χ4v) is 13.4. The fourth-order valence-electron chi connectivity index (χ4n) is 13.4. The van der Waals surface area contributed by atoms with Gasteiger partial charge in [-0.2, -0.15) is 0 Å². The molecule has 1 unspecified atom stereocenters. The maximum Gasteiger partial charge on any atom is 0.136 e. The highest BCUT2D eigenvalue weighted by Crippen LogP contribution is 2.54. The van der Waals surface area contributed by atoms with Crippen molar-refractivity contribution in [2.45, 2.75) is 19.2 Å². The Bertz CT molecular complexity index is 10600. The van der Waals surface area contributed by atoms with Crippen LogP contribution in [-0.4, -0.2) is 0 Å². The highest BCUT2D eigenvalue weighted by molar-refractivity contribution is 6.30. The van der Waals surface area contributed by atoms with Crippen LogP contribution >= 0.6 is 0 Å². The minimum atomic E-state index is -3.48. The number of furan rings is 2. The first-order valence-electron chi connectivity index (χ1n) is 59.8. The zero-order valence-electron chi connectivity index (χ0n) is 110. The monoisotopic (exact) mass is 1340 g/mol. The summed E-state index contributed by atoms with van der Waals surface area (Å²) in [5.41, 5.74) is -15.9. The van der Waals surface area contributed by atoms with Crippen LogP contribution < -0.4 is 0 Å².